The summed E-state index contributed by atoms with van der Waals surface area (Å²) in [5.41, 5.74) is 2.80. The lowest BCUT2D eigenvalue weighted by molar-refractivity contribution is 0.339. The summed E-state index contributed by atoms with van der Waals surface area (Å²) in [7, 11) is 0. The number of halogens is 1. The zero-order valence-electron chi connectivity index (χ0n) is 12.3. The lowest BCUT2D eigenvalue weighted by Gasteiger charge is -2.21. The highest BCUT2D eigenvalue weighted by atomic mass is 79.9. The van der Waals surface area contributed by atoms with Crippen molar-refractivity contribution in [2.75, 3.05) is 19.7 Å². The smallest absolute Gasteiger partial charge is 0.125 e. The van der Waals surface area contributed by atoms with Crippen LogP contribution in [-0.2, 0) is 12.8 Å². The second-order valence-corrected chi connectivity index (χ2v) is 7.03. The van der Waals surface area contributed by atoms with Gasteiger partial charge >= 0.3 is 0 Å². The van der Waals surface area contributed by atoms with E-state index in [1.54, 1.807) is 0 Å². The molecule has 1 fully saturated rings. The van der Waals surface area contributed by atoms with Crippen molar-refractivity contribution in [2.24, 2.45) is 11.8 Å². The topological polar surface area (TPSA) is 21.3 Å². The Labute approximate surface area is 130 Å². The Morgan fingerprint density at radius 2 is 2.15 bits per heavy atom. The van der Waals surface area contributed by atoms with Gasteiger partial charge in [0.15, 0.2) is 0 Å². The molecule has 0 spiro atoms. The Morgan fingerprint density at radius 1 is 1.30 bits per heavy atom. The van der Waals surface area contributed by atoms with E-state index in [9.17, 15) is 0 Å². The van der Waals surface area contributed by atoms with E-state index in [0.29, 0.717) is 0 Å². The van der Waals surface area contributed by atoms with Gasteiger partial charge in [-0.3, -0.25) is 0 Å². The van der Waals surface area contributed by atoms with Gasteiger partial charge in [-0.1, -0.05) is 29.3 Å². The minimum Gasteiger partial charge on any atom is -0.493 e. The second-order valence-electron chi connectivity index (χ2n) is 6.11. The Morgan fingerprint density at radius 3 is 3.00 bits per heavy atom. The van der Waals surface area contributed by atoms with Crippen molar-refractivity contribution in [2.45, 2.75) is 39.0 Å². The molecule has 110 valence electrons. The quantitative estimate of drug-likeness (QED) is 0.878. The van der Waals surface area contributed by atoms with Crippen LogP contribution in [0.15, 0.2) is 16.6 Å². The zero-order valence-corrected chi connectivity index (χ0v) is 13.8. The maximum absolute atomic E-state index is 5.87. The molecule has 0 amide bonds. The van der Waals surface area contributed by atoms with Crippen LogP contribution in [0.1, 0.15) is 37.3 Å². The van der Waals surface area contributed by atoms with Crippen LogP contribution in [0.5, 0.6) is 5.75 Å². The summed E-state index contributed by atoms with van der Waals surface area (Å²) in [6.07, 6.45) is 6.38. The Hall–Kier alpha value is -0.540. The molecule has 2 atom stereocenters. The first-order valence-electron chi connectivity index (χ1n) is 7.92. The normalized spacial score (nSPS) is 24.7. The molecule has 1 saturated carbocycles. The maximum Gasteiger partial charge on any atom is 0.125 e. The van der Waals surface area contributed by atoms with E-state index < -0.39 is 0 Å². The number of hydrogen-bond donors (Lipinski definition) is 1. The van der Waals surface area contributed by atoms with E-state index in [2.05, 4.69) is 40.3 Å². The van der Waals surface area contributed by atoms with Gasteiger partial charge in [-0.05, 0) is 67.4 Å². The van der Waals surface area contributed by atoms with Crippen LogP contribution in [0, 0.1) is 11.8 Å². The van der Waals surface area contributed by atoms with E-state index in [-0.39, 0.29) is 0 Å². The second kappa shape index (κ2) is 6.48. The largest absolute Gasteiger partial charge is 0.493 e. The molecule has 2 unspecified atom stereocenters. The maximum atomic E-state index is 5.87. The van der Waals surface area contributed by atoms with Gasteiger partial charge in [-0.2, -0.15) is 0 Å². The fourth-order valence-electron chi connectivity index (χ4n) is 3.76. The number of nitrogens with one attached hydrogen (secondary N) is 1. The number of hydrogen-bond acceptors (Lipinski definition) is 2. The number of ether oxygens (including phenoxy) is 1. The van der Waals surface area contributed by atoms with Crippen LogP contribution in [-0.4, -0.2) is 19.7 Å². The molecule has 0 aromatic heterocycles. The Kier molecular flexibility index (Phi) is 4.67. The molecular formula is C17H24BrNO. The molecule has 2 nitrogen and oxygen atoms in total. The average Bonchev–Trinajstić information content (AvgIpc) is 3.05. The molecule has 1 N–H and O–H groups in total. The third-order valence-corrected chi connectivity index (χ3v) is 5.24. The first-order chi connectivity index (χ1) is 9.78. The van der Waals surface area contributed by atoms with Gasteiger partial charge in [0, 0.05) is 10.9 Å². The van der Waals surface area contributed by atoms with Gasteiger partial charge in [0.05, 0.1) is 6.61 Å². The molecule has 2 aliphatic rings. The number of fused-ring (bicyclic) bond motifs is 1. The summed E-state index contributed by atoms with van der Waals surface area (Å²) in [5, 5.41) is 3.53. The van der Waals surface area contributed by atoms with Crippen molar-refractivity contribution >= 4 is 15.9 Å². The van der Waals surface area contributed by atoms with Gasteiger partial charge < -0.3 is 10.1 Å². The number of rotatable bonds is 5. The van der Waals surface area contributed by atoms with Crippen molar-refractivity contribution in [3.8, 4) is 5.75 Å². The van der Waals surface area contributed by atoms with Crippen LogP contribution < -0.4 is 10.1 Å². The van der Waals surface area contributed by atoms with E-state index in [4.69, 9.17) is 4.74 Å². The molecule has 0 radical (unpaired) electrons. The van der Waals surface area contributed by atoms with E-state index in [1.165, 1.54) is 53.6 Å². The van der Waals surface area contributed by atoms with Crippen LogP contribution in [0.25, 0.3) is 0 Å². The SMILES string of the molecule is CCNCC1CCCC1Cc1cc(Br)cc2c1OCC2. The van der Waals surface area contributed by atoms with Crippen molar-refractivity contribution in [1.29, 1.82) is 0 Å². The monoisotopic (exact) mass is 337 g/mol. The zero-order chi connectivity index (χ0) is 13.9. The van der Waals surface area contributed by atoms with Gasteiger partial charge in [0.2, 0.25) is 0 Å². The van der Waals surface area contributed by atoms with Crippen LogP contribution in [0.4, 0.5) is 0 Å². The lowest BCUT2D eigenvalue weighted by atomic mass is 9.88. The minimum atomic E-state index is 0.816. The third kappa shape index (κ3) is 3.04. The molecule has 3 rings (SSSR count). The summed E-state index contributed by atoms with van der Waals surface area (Å²) in [4.78, 5) is 0. The van der Waals surface area contributed by atoms with E-state index >= 15 is 0 Å². The summed E-state index contributed by atoms with van der Waals surface area (Å²) in [5.74, 6) is 2.84. The Balaban J connectivity index is 1.74. The summed E-state index contributed by atoms with van der Waals surface area (Å²) < 4.78 is 7.08. The van der Waals surface area contributed by atoms with Crippen LogP contribution in [0.3, 0.4) is 0 Å². The van der Waals surface area contributed by atoms with Crippen molar-refractivity contribution in [1.82, 2.24) is 5.32 Å². The average molecular weight is 338 g/mol. The fraction of sp³-hybridized carbons (Fsp3) is 0.647. The third-order valence-electron chi connectivity index (χ3n) is 4.78. The molecule has 3 heteroatoms. The highest BCUT2D eigenvalue weighted by Gasteiger charge is 2.29. The highest BCUT2D eigenvalue weighted by Crippen LogP contribution is 2.39. The summed E-state index contributed by atoms with van der Waals surface area (Å²) >= 11 is 3.65. The van der Waals surface area contributed by atoms with Crippen LogP contribution >= 0.6 is 15.9 Å². The standard InChI is InChI=1S/C17H24BrNO/c1-2-19-11-14-5-3-4-12(14)8-15-10-16(18)9-13-6-7-20-17(13)15/h9-10,12,14,19H,2-8,11H2,1H3. The predicted octanol–water partition coefficient (Wildman–Crippen LogP) is 3.95. The minimum absolute atomic E-state index is 0.816. The molecular weight excluding hydrogens is 314 g/mol. The molecule has 1 aromatic carbocycles. The van der Waals surface area contributed by atoms with Crippen molar-refractivity contribution in [3.05, 3.63) is 27.7 Å². The molecule has 1 aromatic rings. The van der Waals surface area contributed by atoms with Crippen LogP contribution in [0.2, 0.25) is 0 Å². The molecule has 1 heterocycles. The molecule has 20 heavy (non-hydrogen) atoms. The van der Waals surface area contributed by atoms with Crippen molar-refractivity contribution in [3.63, 3.8) is 0 Å². The highest BCUT2D eigenvalue weighted by molar-refractivity contribution is 9.10. The van der Waals surface area contributed by atoms with E-state index in [0.717, 1.165) is 31.4 Å². The van der Waals surface area contributed by atoms with Gasteiger partial charge in [-0.15, -0.1) is 0 Å². The number of benzene rings is 1. The van der Waals surface area contributed by atoms with E-state index in [1.807, 2.05) is 0 Å². The fourth-order valence-corrected chi connectivity index (χ4v) is 4.31. The molecule has 0 saturated heterocycles. The lowest BCUT2D eigenvalue weighted by Crippen LogP contribution is -2.26. The first-order valence-corrected chi connectivity index (χ1v) is 8.72. The van der Waals surface area contributed by atoms with Crippen molar-refractivity contribution < 1.29 is 4.74 Å². The van der Waals surface area contributed by atoms with Gasteiger partial charge in [0.25, 0.3) is 0 Å². The molecule has 1 aliphatic carbocycles. The molecule has 1 aliphatic heterocycles. The first kappa shape index (κ1) is 14.4. The predicted molar refractivity (Wildman–Crippen MR) is 86.4 cm³/mol. The summed E-state index contributed by atoms with van der Waals surface area (Å²) in [6.45, 7) is 5.31. The van der Waals surface area contributed by atoms with Gasteiger partial charge in [-0.25, -0.2) is 0 Å². The van der Waals surface area contributed by atoms with Gasteiger partial charge in [0.1, 0.15) is 5.75 Å². The summed E-state index contributed by atoms with van der Waals surface area (Å²) in [6, 6.07) is 4.49. The molecule has 0 bridgehead atoms. The Bertz CT molecular complexity index is 474.